The lowest BCUT2D eigenvalue weighted by atomic mass is 9.91. The molecular formula is C10H15F5O3. The van der Waals surface area contributed by atoms with E-state index < -0.39 is 36.2 Å². The van der Waals surface area contributed by atoms with Gasteiger partial charge in [0.25, 0.3) is 0 Å². The number of carbonyl (C=O) groups excluding carboxylic acids is 1. The summed E-state index contributed by atoms with van der Waals surface area (Å²) in [5.74, 6) is -5.61. The maximum atomic E-state index is 12.9. The summed E-state index contributed by atoms with van der Waals surface area (Å²) in [6.45, 7) is 2.61. The van der Waals surface area contributed by atoms with Gasteiger partial charge in [-0.15, -0.1) is 0 Å². The molecule has 8 heteroatoms. The minimum absolute atomic E-state index is 0.277. The molecule has 0 saturated heterocycles. The number of hydrogen-bond acceptors (Lipinski definition) is 3. The van der Waals surface area contributed by atoms with Crippen LogP contribution in [0, 0.1) is 5.41 Å². The van der Waals surface area contributed by atoms with E-state index in [0.29, 0.717) is 0 Å². The van der Waals surface area contributed by atoms with Crippen LogP contribution in [0.3, 0.4) is 0 Å². The van der Waals surface area contributed by atoms with Crippen LogP contribution in [0.4, 0.5) is 22.0 Å². The Morgan fingerprint density at radius 1 is 1.22 bits per heavy atom. The number of aliphatic hydroxyl groups is 1. The van der Waals surface area contributed by atoms with Crippen molar-refractivity contribution in [2.24, 2.45) is 5.41 Å². The van der Waals surface area contributed by atoms with Crippen molar-refractivity contribution in [1.82, 2.24) is 0 Å². The largest absolute Gasteiger partial charge is 0.459 e. The highest BCUT2D eigenvalue weighted by molar-refractivity contribution is 5.75. The molecule has 1 unspecified atom stereocenters. The Bertz CT molecular complexity index is 298. The van der Waals surface area contributed by atoms with Crippen LogP contribution in [0.1, 0.15) is 27.2 Å². The highest BCUT2D eigenvalue weighted by Crippen LogP contribution is 2.33. The van der Waals surface area contributed by atoms with Gasteiger partial charge in [-0.2, -0.15) is 22.0 Å². The lowest BCUT2D eigenvalue weighted by Gasteiger charge is -2.26. The van der Waals surface area contributed by atoms with Crippen molar-refractivity contribution >= 4 is 5.97 Å². The molecule has 18 heavy (non-hydrogen) atoms. The normalized spacial score (nSPS) is 15.4. The summed E-state index contributed by atoms with van der Waals surface area (Å²) >= 11 is 0. The van der Waals surface area contributed by atoms with E-state index in [1.54, 1.807) is 6.92 Å². The van der Waals surface area contributed by atoms with Crippen molar-refractivity contribution in [1.29, 1.82) is 0 Å². The first-order valence-corrected chi connectivity index (χ1v) is 5.14. The second-order valence-corrected chi connectivity index (χ2v) is 4.52. The predicted molar refractivity (Wildman–Crippen MR) is 52.0 cm³/mol. The van der Waals surface area contributed by atoms with Crippen LogP contribution in [-0.2, 0) is 9.53 Å². The van der Waals surface area contributed by atoms with Crippen molar-refractivity contribution in [2.75, 3.05) is 6.61 Å². The monoisotopic (exact) mass is 278 g/mol. The molecule has 0 saturated carbocycles. The molecule has 0 rings (SSSR count). The smallest absolute Gasteiger partial charge is 0.420 e. The van der Waals surface area contributed by atoms with E-state index in [4.69, 9.17) is 5.11 Å². The second-order valence-electron chi connectivity index (χ2n) is 4.52. The van der Waals surface area contributed by atoms with Crippen LogP contribution in [-0.4, -0.2) is 35.9 Å². The fraction of sp³-hybridized carbons (Fsp3) is 0.900. The molecule has 0 spiro atoms. The SMILES string of the molecule is CCC(C)(C)C(=O)OCC(F)(F)C(O)C(F)(F)F. The molecule has 0 fully saturated rings. The maximum Gasteiger partial charge on any atom is 0.420 e. The average molecular weight is 278 g/mol. The topological polar surface area (TPSA) is 46.5 Å². The Morgan fingerprint density at radius 2 is 1.67 bits per heavy atom. The maximum absolute atomic E-state index is 12.9. The van der Waals surface area contributed by atoms with Crippen LogP contribution in [0.15, 0.2) is 0 Å². The molecule has 1 N–H and O–H groups in total. The first kappa shape index (κ1) is 17.1. The summed E-state index contributed by atoms with van der Waals surface area (Å²) in [5, 5.41) is 8.42. The van der Waals surface area contributed by atoms with E-state index in [2.05, 4.69) is 4.74 Å². The first-order chi connectivity index (χ1) is 7.84. The Labute approximate surface area is 101 Å². The number of esters is 1. The molecule has 0 aliphatic heterocycles. The van der Waals surface area contributed by atoms with Crippen LogP contribution in [0.5, 0.6) is 0 Å². The Balaban J connectivity index is 4.59. The molecule has 0 aliphatic carbocycles. The van der Waals surface area contributed by atoms with E-state index in [-0.39, 0.29) is 6.42 Å². The fourth-order valence-corrected chi connectivity index (χ4v) is 0.820. The number of hydrogen-bond donors (Lipinski definition) is 1. The van der Waals surface area contributed by atoms with Gasteiger partial charge in [-0.25, -0.2) is 0 Å². The lowest BCUT2D eigenvalue weighted by Crippen LogP contribution is -2.48. The number of rotatable bonds is 5. The van der Waals surface area contributed by atoms with Gasteiger partial charge in [0.05, 0.1) is 5.41 Å². The number of alkyl halides is 5. The molecule has 1 atom stereocenters. The summed E-state index contributed by atoms with van der Waals surface area (Å²) in [7, 11) is 0. The van der Waals surface area contributed by atoms with Gasteiger partial charge in [-0.05, 0) is 20.3 Å². The number of carbonyl (C=O) groups is 1. The highest BCUT2D eigenvalue weighted by Gasteiger charge is 2.55. The summed E-state index contributed by atoms with van der Waals surface area (Å²) in [6.07, 6.45) is -9.06. The van der Waals surface area contributed by atoms with Crippen molar-refractivity contribution < 1.29 is 36.6 Å². The third-order valence-corrected chi connectivity index (χ3v) is 2.54. The molecule has 0 aromatic heterocycles. The van der Waals surface area contributed by atoms with Crippen LogP contribution < -0.4 is 0 Å². The number of aliphatic hydroxyl groups excluding tert-OH is 1. The van der Waals surface area contributed by atoms with Crippen LogP contribution >= 0.6 is 0 Å². The van der Waals surface area contributed by atoms with Gasteiger partial charge in [0.2, 0.25) is 6.10 Å². The lowest BCUT2D eigenvalue weighted by molar-refractivity contribution is -0.278. The molecule has 0 aromatic carbocycles. The number of halogens is 5. The average Bonchev–Trinajstić information content (AvgIpc) is 2.23. The van der Waals surface area contributed by atoms with Crippen LogP contribution in [0.2, 0.25) is 0 Å². The van der Waals surface area contributed by atoms with E-state index in [1.165, 1.54) is 13.8 Å². The van der Waals surface area contributed by atoms with Gasteiger partial charge in [-0.1, -0.05) is 6.92 Å². The Kier molecular flexibility index (Phi) is 5.10. The van der Waals surface area contributed by atoms with E-state index in [0.717, 1.165) is 0 Å². The summed E-state index contributed by atoms with van der Waals surface area (Å²) in [5.41, 5.74) is -1.07. The fourth-order valence-electron chi connectivity index (χ4n) is 0.820. The van der Waals surface area contributed by atoms with Gasteiger partial charge in [0.1, 0.15) is 0 Å². The van der Waals surface area contributed by atoms with Gasteiger partial charge in [0, 0.05) is 0 Å². The molecule has 0 amide bonds. The van der Waals surface area contributed by atoms with Crippen LogP contribution in [0.25, 0.3) is 0 Å². The molecule has 0 bridgehead atoms. The van der Waals surface area contributed by atoms with Gasteiger partial charge in [0.15, 0.2) is 6.61 Å². The van der Waals surface area contributed by atoms with Gasteiger partial charge in [-0.3, -0.25) is 4.79 Å². The van der Waals surface area contributed by atoms with Crippen molar-refractivity contribution in [3.63, 3.8) is 0 Å². The minimum atomic E-state index is -5.48. The molecular weight excluding hydrogens is 263 g/mol. The summed E-state index contributed by atoms with van der Waals surface area (Å²) in [4.78, 5) is 11.3. The standard InChI is InChI=1S/C10H15F5O3/c1-4-8(2,3)7(17)18-5-9(11,12)6(16)10(13,14)15/h6,16H,4-5H2,1-3H3. The molecule has 0 aliphatic rings. The first-order valence-electron chi connectivity index (χ1n) is 5.14. The molecule has 0 aromatic rings. The second kappa shape index (κ2) is 5.38. The third kappa shape index (κ3) is 4.40. The zero-order valence-electron chi connectivity index (χ0n) is 10.1. The Morgan fingerprint density at radius 3 is 2.00 bits per heavy atom. The minimum Gasteiger partial charge on any atom is -0.459 e. The quantitative estimate of drug-likeness (QED) is 0.621. The third-order valence-electron chi connectivity index (χ3n) is 2.54. The van der Waals surface area contributed by atoms with E-state index in [9.17, 15) is 26.7 Å². The zero-order chi connectivity index (χ0) is 14.8. The van der Waals surface area contributed by atoms with Gasteiger partial charge < -0.3 is 9.84 Å². The number of ether oxygens (including phenoxy) is 1. The molecule has 0 heterocycles. The molecule has 108 valence electrons. The van der Waals surface area contributed by atoms with Crippen molar-refractivity contribution in [3.05, 3.63) is 0 Å². The van der Waals surface area contributed by atoms with Crippen molar-refractivity contribution in [2.45, 2.75) is 45.4 Å². The molecule has 3 nitrogen and oxygen atoms in total. The Hall–Kier alpha value is -0.920. The van der Waals surface area contributed by atoms with Gasteiger partial charge >= 0.3 is 18.1 Å². The summed E-state index contributed by atoms with van der Waals surface area (Å²) < 4.78 is 65.7. The zero-order valence-corrected chi connectivity index (χ0v) is 10.1. The van der Waals surface area contributed by atoms with Crippen molar-refractivity contribution in [3.8, 4) is 0 Å². The van der Waals surface area contributed by atoms with E-state index >= 15 is 0 Å². The van der Waals surface area contributed by atoms with E-state index in [1.807, 2.05) is 0 Å². The predicted octanol–water partition coefficient (Wildman–Crippen LogP) is 2.52. The highest BCUT2D eigenvalue weighted by atomic mass is 19.4. The summed E-state index contributed by atoms with van der Waals surface area (Å²) in [6, 6.07) is 0. The molecule has 0 radical (unpaired) electrons.